The van der Waals surface area contributed by atoms with Crippen molar-refractivity contribution in [2.75, 3.05) is 0 Å². The van der Waals surface area contributed by atoms with Gasteiger partial charge in [0.2, 0.25) is 0 Å². The molecule has 0 N–H and O–H groups in total. The molecule has 0 fully saturated rings. The van der Waals surface area contributed by atoms with Crippen LogP contribution in [-0.2, 0) is 0 Å². The van der Waals surface area contributed by atoms with Gasteiger partial charge in [-0.1, -0.05) is 158 Å². The molecule has 48 heavy (non-hydrogen) atoms. The monoisotopic (exact) mass is 644 g/mol. The van der Waals surface area contributed by atoms with Crippen LogP contribution in [0.2, 0.25) is 0 Å². The second-order valence-electron chi connectivity index (χ2n) is 12.4. The predicted octanol–water partition coefficient (Wildman–Crippen LogP) is 14.2. The lowest BCUT2D eigenvalue weighted by molar-refractivity contribution is 1.66. The molecule has 0 spiro atoms. The third-order valence-corrected chi connectivity index (χ3v) is 12.3. The Morgan fingerprint density at radius 1 is 0.271 bits per heavy atom. The molecule has 0 aliphatic carbocycles. The Balaban J connectivity index is 1.24. The van der Waals surface area contributed by atoms with Crippen LogP contribution in [-0.4, -0.2) is 0 Å². The fourth-order valence-electron chi connectivity index (χ4n) is 7.58. The predicted molar refractivity (Wildman–Crippen MR) is 211 cm³/mol. The van der Waals surface area contributed by atoms with Gasteiger partial charge in [-0.25, -0.2) is 0 Å². The van der Waals surface area contributed by atoms with E-state index in [1.54, 1.807) is 0 Å². The minimum atomic E-state index is 1.25. The van der Waals surface area contributed by atoms with E-state index in [1.165, 1.54) is 95.6 Å². The fraction of sp³-hybridized carbons (Fsp3) is 0. The number of benzene rings is 8. The maximum atomic E-state index is 2.44. The molecule has 2 aromatic heterocycles. The van der Waals surface area contributed by atoms with Gasteiger partial charge in [0.05, 0.1) is 9.40 Å². The Labute approximate surface area is 286 Å². The molecule has 2 heterocycles. The molecule has 0 aliphatic rings. The summed E-state index contributed by atoms with van der Waals surface area (Å²) >= 11 is 3.86. The zero-order chi connectivity index (χ0) is 31.6. The molecule has 0 aliphatic heterocycles. The van der Waals surface area contributed by atoms with Gasteiger partial charge in [-0.2, -0.15) is 0 Å². The van der Waals surface area contributed by atoms with E-state index in [0.29, 0.717) is 0 Å². The molecule has 2 heteroatoms. The highest BCUT2D eigenvalue weighted by atomic mass is 32.1. The highest BCUT2D eigenvalue weighted by molar-refractivity contribution is 7.32. The van der Waals surface area contributed by atoms with Crippen LogP contribution in [0.15, 0.2) is 170 Å². The molecular formula is C46H28S2. The third kappa shape index (κ3) is 4.20. The SMILES string of the molecule is c1ccc(-c2sc3c(ccc4c5cc(-c6c7ccccc7c(-c7ccccc7)c7ccccc67)ccc5sc43)c2-c2ccccc2)cc1. The molecule has 0 nitrogen and oxygen atoms in total. The lowest BCUT2D eigenvalue weighted by Gasteiger charge is -2.17. The van der Waals surface area contributed by atoms with Crippen molar-refractivity contribution in [2.24, 2.45) is 0 Å². The fourth-order valence-corrected chi connectivity index (χ4v) is 10.2. The average Bonchev–Trinajstić information content (AvgIpc) is 3.73. The molecule has 0 atom stereocenters. The normalized spacial score (nSPS) is 11.8. The molecule has 0 saturated carbocycles. The first kappa shape index (κ1) is 27.6. The Morgan fingerprint density at radius 3 is 1.31 bits per heavy atom. The van der Waals surface area contributed by atoms with E-state index >= 15 is 0 Å². The zero-order valence-corrected chi connectivity index (χ0v) is 27.6. The molecule has 0 bridgehead atoms. The molecule has 0 radical (unpaired) electrons. The zero-order valence-electron chi connectivity index (χ0n) is 26.0. The summed E-state index contributed by atoms with van der Waals surface area (Å²) in [7, 11) is 0. The van der Waals surface area contributed by atoms with Gasteiger partial charge in [-0.15, -0.1) is 22.7 Å². The molecule has 0 amide bonds. The van der Waals surface area contributed by atoms with Crippen LogP contribution in [0.4, 0.5) is 0 Å². The van der Waals surface area contributed by atoms with Gasteiger partial charge in [-0.05, 0) is 67.1 Å². The van der Waals surface area contributed by atoms with Gasteiger partial charge >= 0.3 is 0 Å². The van der Waals surface area contributed by atoms with E-state index in [0.717, 1.165) is 0 Å². The van der Waals surface area contributed by atoms with E-state index in [1.807, 2.05) is 22.7 Å². The molecule has 224 valence electrons. The number of fused-ring (bicyclic) bond motifs is 7. The van der Waals surface area contributed by atoms with Gasteiger partial charge in [0.15, 0.2) is 0 Å². The highest BCUT2D eigenvalue weighted by Gasteiger charge is 2.21. The van der Waals surface area contributed by atoms with Gasteiger partial charge in [-0.3, -0.25) is 0 Å². The van der Waals surface area contributed by atoms with Crippen molar-refractivity contribution in [3.8, 4) is 43.8 Å². The summed E-state index contributed by atoms with van der Waals surface area (Å²) in [6.07, 6.45) is 0. The molecular weight excluding hydrogens is 617 g/mol. The quantitative estimate of drug-likeness (QED) is 0.167. The largest absolute Gasteiger partial charge is 0.134 e. The summed E-state index contributed by atoms with van der Waals surface area (Å²) in [5.74, 6) is 0. The summed E-state index contributed by atoms with van der Waals surface area (Å²) in [5.41, 5.74) is 8.98. The smallest absolute Gasteiger partial charge is 0.0534 e. The molecule has 8 aromatic carbocycles. The van der Waals surface area contributed by atoms with Crippen LogP contribution in [0.25, 0.3) is 95.6 Å². The highest BCUT2D eigenvalue weighted by Crippen LogP contribution is 2.51. The van der Waals surface area contributed by atoms with Crippen molar-refractivity contribution < 1.29 is 0 Å². The van der Waals surface area contributed by atoms with Gasteiger partial charge in [0, 0.05) is 31.3 Å². The van der Waals surface area contributed by atoms with Crippen LogP contribution in [0, 0.1) is 0 Å². The van der Waals surface area contributed by atoms with Crippen molar-refractivity contribution >= 4 is 74.5 Å². The maximum Gasteiger partial charge on any atom is 0.0534 e. The summed E-state index contributed by atoms with van der Waals surface area (Å²) < 4.78 is 4.07. The lowest BCUT2D eigenvalue weighted by atomic mass is 9.86. The first-order chi connectivity index (χ1) is 23.8. The molecule has 0 saturated heterocycles. The van der Waals surface area contributed by atoms with Crippen LogP contribution in [0.1, 0.15) is 0 Å². The molecule has 10 rings (SSSR count). The number of thiophene rings is 2. The second kappa shape index (κ2) is 11.0. The van der Waals surface area contributed by atoms with Crippen LogP contribution in [0.3, 0.4) is 0 Å². The maximum absolute atomic E-state index is 2.44. The van der Waals surface area contributed by atoms with E-state index in [4.69, 9.17) is 0 Å². The van der Waals surface area contributed by atoms with E-state index in [9.17, 15) is 0 Å². The second-order valence-corrected chi connectivity index (χ2v) is 14.5. The van der Waals surface area contributed by atoms with Crippen molar-refractivity contribution in [1.29, 1.82) is 0 Å². The Morgan fingerprint density at radius 2 is 0.729 bits per heavy atom. The number of hydrogen-bond acceptors (Lipinski definition) is 2. The number of hydrogen-bond donors (Lipinski definition) is 0. The molecule has 10 aromatic rings. The Hall–Kier alpha value is -5.54. The standard InChI is InChI=1S/C46H28S2/c1-4-14-29(15-5-1)41-33-20-10-12-22-35(33)42(36-23-13-11-21-34(36)41)32-24-27-40-39(28-32)37-25-26-38-43(30-16-6-2-7-17-30)44(31-18-8-3-9-19-31)48-46(38)45(37)47-40/h1-28H. The van der Waals surface area contributed by atoms with Crippen molar-refractivity contribution in [3.63, 3.8) is 0 Å². The average molecular weight is 645 g/mol. The topological polar surface area (TPSA) is 0 Å². The van der Waals surface area contributed by atoms with Crippen molar-refractivity contribution in [3.05, 3.63) is 170 Å². The van der Waals surface area contributed by atoms with Crippen molar-refractivity contribution in [1.82, 2.24) is 0 Å². The van der Waals surface area contributed by atoms with E-state index < -0.39 is 0 Å². The summed E-state index contributed by atoms with van der Waals surface area (Å²) in [6, 6.07) is 62.3. The lowest BCUT2D eigenvalue weighted by Crippen LogP contribution is -1.90. The van der Waals surface area contributed by atoms with Gasteiger partial charge in [0.1, 0.15) is 0 Å². The number of rotatable bonds is 4. The van der Waals surface area contributed by atoms with Crippen LogP contribution < -0.4 is 0 Å². The minimum Gasteiger partial charge on any atom is -0.134 e. The van der Waals surface area contributed by atoms with Crippen LogP contribution in [0.5, 0.6) is 0 Å². The molecule has 0 unspecified atom stereocenters. The minimum absolute atomic E-state index is 1.25. The van der Waals surface area contributed by atoms with E-state index in [2.05, 4.69) is 170 Å². The first-order valence-electron chi connectivity index (χ1n) is 16.4. The third-order valence-electron chi connectivity index (χ3n) is 9.68. The van der Waals surface area contributed by atoms with Crippen LogP contribution >= 0.6 is 22.7 Å². The summed E-state index contributed by atoms with van der Waals surface area (Å²) in [6.45, 7) is 0. The first-order valence-corrected chi connectivity index (χ1v) is 18.0. The summed E-state index contributed by atoms with van der Waals surface area (Å²) in [5, 5.41) is 9.14. The summed E-state index contributed by atoms with van der Waals surface area (Å²) in [4.78, 5) is 1.33. The Bertz CT molecular complexity index is 2750. The van der Waals surface area contributed by atoms with E-state index in [-0.39, 0.29) is 0 Å². The Kier molecular flexibility index (Phi) is 6.33. The van der Waals surface area contributed by atoms with Gasteiger partial charge in [0.25, 0.3) is 0 Å². The van der Waals surface area contributed by atoms with Crippen molar-refractivity contribution in [2.45, 2.75) is 0 Å². The van der Waals surface area contributed by atoms with Gasteiger partial charge < -0.3 is 0 Å².